The molecule has 1 aromatic heterocycles. The van der Waals surface area contributed by atoms with E-state index in [9.17, 15) is 4.79 Å². The van der Waals surface area contributed by atoms with Crippen molar-refractivity contribution in [1.29, 1.82) is 0 Å². The number of aromatic nitrogens is 1. The summed E-state index contributed by atoms with van der Waals surface area (Å²) in [6.07, 6.45) is 4.89. The van der Waals surface area contributed by atoms with Crippen LogP contribution in [0.3, 0.4) is 0 Å². The summed E-state index contributed by atoms with van der Waals surface area (Å²) in [5.41, 5.74) is 2.64. The SMILES string of the molecule is O=C(N[C@H]1CCc2cc(Cl)cc(Cl)c21)c1cccnc1. The van der Waals surface area contributed by atoms with Crippen molar-refractivity contribution >= 4 is 29.1 Å². The molecule has 102 valence electrons. The maximum atomic E-state index is 12.2. The molecule has 3 rings (SSSR count). The number of halogens is 2. The van der Waals surface area contributed by atoms with E-state index in [1.807, 2.05) is 6.07 Å². The molecule has 1 aliphatic rings. The van der Waals surface area contributed by atoms with Gasteiger partial charge in [0.25, 0.3) is 5.91 Å². The van der Waals surface area contributed by atoms with Crippen molar-refractivity contribution in [2.75, 3.05) is 0 Å². The zero-order valence-electron chi connectivity index (χ0n) is 10.6. The van der Waals surface area contributed by atoms with Crippen molar-refractivity contribution in [3.05, 3.63) is 63.4 Å². The smallest absolute Gasteiger partial charge is 0.253 e. The number of benzene rings is 1. The summed E-state index contributed by atoms with van der Waals surface area (Å²) in [5.74, 6) is -0.137. The van der Waals surface area contributed by atoms with E-state index in [1.54, 1.807) is 30.6 Å². The number of hydrogen-bond donors (Lipinski definition) is 1. The van der Waals surface area contributed by atoms with E-state index in [0.717, 1.165) is 24.0 Å². The van der Waals surface area contributed by atoms with E-state index in [-0.39, 0.29) is 11.9 Å². The molecule has 5 heteroatoms. The molecule has 1 amide bonds. The lowest BCUT2D eigenvalue weighted by molar-refractivity contribution is 0.0936. The first-order valence-corrected chi connectivity index (χ1v) is 7.09. The summed E-state index contributed by atoms with van der Waals surface area (Å²) >= 11 is 12.2. The highest BCUT2D eigenvalue weighted by Crippen LogP contribution is 2.38. The molecule has 0 aliphatic heterocycles. The number of carbonyl (C=O) groups excluding carboxylic acids is 1. The summed E-state index contributed by atoms with van der Waals surface area (Å²) in [6.45, 7) is 0. The van der Waals surface area contributed by atoms with E-state index in [1.165, 1.54) is 0 Å². The predicted molar refractivity (Wildman–Crippen MR) is 79.2 cm³/mol. The maximum absolute atomic E-state index is 12.2. The Balaban J connectivity index is 1.84. The number of pyridine rings is 1. The quantitative estimate of drug-likeness (QED) is 0.917. The topological polar surface area (TPSA) is 42.0 Å². The van der Waals surface area contributed by atoms with Crippen LogP contribution >= 0.6 is 23.2 Å². The number of carbonyl (C=O) groups is 1. The molecule has 20 heavy (non-hydrogen) atoms. The second-order valence-corrected chi connectivity index (χ2v) is 5.61. The lowest BCUT2D eigenvalue weighted by Gasteiger charge is -2.15. The largest absolute Gasteiger partial charge is 0.345 e. The van der Waals surface area contributed by atoms with Gasteiger partial charge in [-0.15, -0.1) is 0 Å². The third-order valence-electron chi connectivity index (χ3n) is 3.46. The van der Waals surface area contributed by atoms with E-state index in [0.29, 0.717) is 15.6 Å². The zero-order chi connectivity index (χ0) is 14.1. The Hall–Kier alpha value is -1.58. The molecule has 0 saturated carbocycles. The molecule has 1 heterocycles. The minimum atomic E-state index is -0.137. The van der Waals surface area contributed by atoms with Gasteiger partial charge in [0.05, 0.1) is 11.6 Å². The van der Waals surface area contributed by atoms with E-state index in [2.05, 4.69) is 10.3 Å². The molecule has 0 unspecified atom stereocenters. The number of amides is 1. The number of fused-ring (bicyclic) bond motifs is 1. The normalized spacial score (nSPS) is 16.8. The molecule has 2 aromatic rings. The third-order valence-corrected chi connectivity index (χ3v) is 3.99. The van der Waals surface area contributed by atoms with Gasteiger partial charge >= 0.3 is 0 Å². The Bertz CT molecular complexity index is 658. The fourth-order valence-corrected chi connectivity index (χ4v) is 3.23. The van der Waals surface area contributed by atoms with Crippen LogP contribution in [0.4, 0.5) is 0 Å². The fraction of sp³-hybridized carbons (Fsp3) is 0.200. The summed E-state index contributed by atoms with van der Waals surface area (Å²) in [7, 11) is 0. The van der Waals surface area contributed by atoms with Crippen LogP contribution in [0, 0.1) is 0 Å². The van der Waals surface area contributed by atoms with Crippen LogP contribution in [0.1, 0.15) is 33.9 Å². The van der Waals surface area contributed by atoms with Crippen LogP contribution in [0.15, 0.2) is 36.7 Å². The first-order chi connectivity index (χ1) is 9.65. The van der Waals surface area contributed by atoms with Crippen molar-refractivity contribution in [3.8, 4) is 0 Å². The molecule has 1 atom stereocenters. The van der Waals surface area contributed by atoms with Gasteiger partial charge in [0, 0.05) is 22.4 Å². The zero-order valence-corrected chi connectivity index (χ0v) is 12.1. The van der Waals surface area contributed by atoms with Crippen molar-refractivity contribution in [1.82, 2.24) is 10.3 Å². The first kappa shape index (κ1) is 13.4. The first-order valence-electron chi connectivity index (χ1n) is 6.34. The van der Waals surface area contributed by atoms with Crippen molar-refractivity contribution in [2.45, 2.75) is 18.9 Å². The lowest BCUT2D eigenvalue weighted by atomic mass is 10.1. The van der Waals surface area contributed by atoms with Crippen LogP contribution < -0.4 is 5.32 Å². The molecule has 1 N–H and O–H groups in total. The minimum absolute atomic E-state index is 0.0672. The number of rotatable bonds is 2. The van der Waals surface area contributed by atoms with Gasteiger partial charge in [0.2, 0.25) is 0 Å². The summed E-state index contributed by atoms with van der Waals surface area (Å²) in [5, 5.41) is 4.25. The Morgan fingerprint density at radius 2 is 2.20 bits per heavy atom. The van der Waals surface area contributed by atoms with Crippen LogP contribution in [0.25, 0.3) is 0 Å². The van der Waals surface area contributed by atoms with Gasteiger partial charge in [-0.3, -0.25) is 9.78 Å². The molecular weight excluding hydrogens is 295 g/mol. The summed E-state index contributed by atoms with van der Waals surface area (Å²) < 4.78 is 0. The Morgan fingerprint density at radius 3 is 2.95 bits per heavy atom. The molecule has 3 nitrogen and oxygen atoms in total. The van der Waals surface area contributed by atoms with E-state index < -0.39 is 0 Å². The van der Waals surface area contributed by atoms with Gasteiger partial charge in [-0.2, -0.15) is 0 Å². The average molecular weight is 307 g/mol. The Labute approximate surface area is 126 Å². The number of nitrogens with zero attached hydrogens (tertiary/aromatic N) is 1. The van der Waals surface area contributed by atoms with E-state index in [4.69, 9.17) is 23.2 Å². The second-order valence-electron chi connectivity index (χ2n) is 4.77. The predicted octanol–water partition coefficient (Wildman–Crippen LogP) is 3.81. The Morgan fingerprint density at radius 1 is 1.35 bits per heavy atom. The van der Waals surface area contributed by atoms with Gasteiger partial charge < -0.3 is 5.32 Å². The molecular formula is C15H12Cl2N2O. The second kappa shape index (κ2) is 5.43. The van der Waals surface area contributed by atoms with Gasteiger partial charge in [-0.1, -0.05) is 23.2 Å². The fourth-order valence-electron chi connectivity index (χ4n) is 2.56. The lowest BCUT2D eigenvalue weighted by Crippen LogP contribution is -2.27. The standard InChI is InChI=1S/C15H12Cl2N2O/c16-11-6-9-3-4-13(14(9)12(17)7-11)19-15(20)10-2-1-5-18-8-10/h1-2,5-8,13H,3-4H2,(H,19,20)/t13-/m0/s1. The monoisotopic (exact) mass is 306 g/mol. The van der Waals surface area contributed by atoms with Crippen LogP contribution in [0.5, 0.6) is 0 Å². The van der Waals surface area contributed by atoms with Gasteiger partial charge in [-0.25, -0.2) is 0 Å². The molecule has 1 aliphatic carbocycles. The highest BCUT2D eigenvalue weighted by atomic mass is 35.5. The molecule has 0 spiro atoms. The number of hydrogen-bond acceptors (Lipinski definition) is 2. The van der Waals surface area contributed by atoms with Gasteiger partial charge in [0.1, 0.15) is 0 Å². The molecule has 0 bridgehead atoms. The van der Waals surface area contributed by atoms with Crippen molar-refractivity contribution < 1.29 is 4.79 Å². The van der Waals surface area contributed by atoms with Crippen LogP contribution in [-0.2, 0) is 6.42 Å². The summed E-state index contributed by atoms with van der Waals surface area (Å²) in [6, 6.07) is 7.05. The summed E-state index contributed by atoms with van der Waals surface area (Å²) in [4.78, 5) is 16.1. The molecule has 0 radical (unpaired) electrons. The van der Waals surface area contributed by atoms with Crippen LogP contribution in [-0.4, -0.2) is 10.9 Å². The van der Waals surface area contributed by atoms with E-state index >= 15 is 0 Å². The molecule has 0 fully saturated rings. The highest BCUT2D eigenvalue weighted by Gasteiger charge is 2.27. The number of aryl methyl sites for hydroxylation is 1. The van der Waals surface area contributed by atoms with Crippen molar-refractivity contribution in [3.63, 3.8) is 0 Å². The van der Waals surface area contributed by atoms with Gasteiger partial charge in [0.15, 0.2) is 0 Å². The third kappa shape index (κ3) is 2.51. The molecule has 1 aromatic carbocycles. The highest BCUT2D eigenvalue weighted by molar-refractivity contribution is 6.35. The molecule has 0 saturated heterocycles. The van der Waals surface area contributed by atoms with Crippen molar-refractivity contribution in [2.24, 2.45) is 0 Å². The average Bonchev–Trinajstić information content (AvgIpc) is 2.82. The minimum Gasteiger partial charge on any atom is -0.345 e. The number of nitrogens with one attached hydrogen (secondary N) is 1. The maximum Gasteiger partial charge on any atom is 0.253 e. The van der Waals surface area contributed by atoms with Gasteiger partial charge in [-0.05, 0) is 48.2 Å². The van der Waals surface area contributed by atoms with Crippen LogP contribution in [0.2, 0.25) is 10.0 Å². The Kier molecular flexibility index (Phi) is 3.64.